The van der Waals surface area contributed by atoms with Gasteiger partial charge in [0.1, 0.15) is 11.6 Å². The quantitative estimate of drug-likeness (QED) is 0.852. The van der Waals surface area contributed by atoms with E-state index in [0.717, 1.165) is 38.2 Å². The summed E-state index contributed by atoms with van der Waals surface area (Å²) in [5.41, 5.74) is 0.165. The zero-order valence-electron chi connectivity index (χ0n) is 11.0. The molecule has 5 heteroatoms. The van der Waals surface area contributed by atoms with Gasteiger partial charge in [0, 0.05) is 12.5 Å². The van der Waals surface area contributed by atoms with Crippen LogP contribution in [0.4, 0.5) is 8.78 Å². The lowest BCUT2D eigenvalue weighted by atomic mass is 9.87. The van der Waals surface area contributed by atoms with Gasteiger partial charge in [-0.25, -0.2) is 8.78 Å². The molecule has 0 aliphatic heterocycles. The molecule has 0 bridgehead atoms. The summed E-state index contributed by atoms with van der Waals surface area (Å²) in [5.74, 6) is -0.0418. The second-order valence-electron chi connectivity index (χ2n) is 5.15. The second-order valence-corrected chi connectivity index (χ2v) is 5.15. The SMILES string of the molecule is Fc1ccc(-c2noc(CC3CC[CH]CC3)n2)c(F)c1. The number of hydrogen-bond donors (Lipinski definition) is 0. The third-order valence-electron chi connectivity index (χ3n) is 3.66. The Morgan fingerprint density at radius 3 is 2.75 bits per heavy atom. The summed E-state index contributed by atoms with van der Waals surface area (Å²) in [5, 5.41) is 3.79. The van der Waals surface area contributed by atoms with E-state index < -0.39 is 11.6 Å². The first-order valence-corrected chi connectivity index (χ1v) is 6.82. The van der Waals surface area contributed by atoms with Gasteiger partial charge in [0.05, 0.1) is 5.56 Å². The zero-order valence-corrected chi connectivity index (χ0v) is 11.0. The van der Waals surface area contributed by atoms with Gasteiger partial charge in [-0.3, -0.25) is 0 Å². The summed E-state index contributed by atoms with van der Waals surface area (Å²) < 4.78 is 31.7. The lowest BCUT2D eigenvalue weighted by Crippen LogP contribution is -2.09. The van der Waals surface area contributed by atoms with Gasteiger partial charge in [-0.05, 0) is 50.2 Å². The number of benzene rings is 1. The van der Waals surface area contributed by atoms with E-state index in [9.17, 15) is 8.78 Å². The fraction of sp³-hybridized carbons (Fsp3) is 0.400. The number of rotatable bonds is 3. The van der Waals surface area contributed by atoms with E-state index in [1.165, 1.54) is 12.1 Å². The van der Waals surface area contributed by atoms with Crippen molar-refractivity contribution < 1.29 is 13.3 Å². The smallest absolute Gasteiger partial charge is 0.227 e. The molecule has 1 aromatic heterocycles. The molecule has 0 N–H and O–H groups in total. The van der Waals surface area contributed by atoms with Gasteiger partial charge in [-0.2, -0.15) is 4.98 Å². The number of aromatic nitrogens is 2. The molecule has 1 aliphatic rings. The predicted octanol–water partition coefficient (Wildman–Crippen LogP) is 3.95. The molecule has 20 heavy (non-hydrogen) atoms. The first-order chi connectivity index (χ1) is 9.72. The molecule has 105 valence electrons. The minimum Gasteiger partial charge on any atom is -0.339 e. The van der Waals surface area contributed by atoms with E-state index in [1.54, 1.807) is 0 Å². The molecule has 1 saturated carbocycles. The van der Waals surface area contributed by atoms with E-state index in [0.29, 0.717) is 11.8 Å². The minimum absolute atomic E-state index is 0.165. The molecule has 0 atom stereocenters. The monoisotopic (exact) mass is 277 g/mol. The Morgan fingerprint density at radius 1 is 1.20 bits per heavy atom. The maximum atomic E-state index is 13.6. The van der Waals surface area contributed by atoms with Crippen molar-refractivity contribution in [1.29, 1.82) is 0 Å². The van der Waals surface area contributed by atoms with Crippen molar-refractivity contribution in [2.75, 3.05) is 0 Å². The molecule has 1 radical (unpaired) electrons. The average molecular weight is 277 g/mol. The number of halogens is 2. The van der Waals surface area contributed by atoms with Crippen LogP contribution in [0.5, 0.6) is 0 Å². The maximum Gasteiger partial charge on any atom is 0.227 e. The van der Waals surface area contributed by atoms with Gasteiger partial charge in [0.2, 0.25) is 11.7 Å². The highest BCUT2D eigenvalue weighted by molar-refractivity contribution is 5.54. The summed E-state index contributed by atoms with van der Waals surface area (Å²) in [7, 11) is 0. The van der Waals surface area contributed by atoms with Crippen LogP contribution in [0.15, 0.2) is 22.7 Å². The summed E-state index contributed by atoms with van der Waals surface area (Å²) in [6.45, 7) is 0. The number of hydrogen-bond acceptors (Lipinski definition) is 3. The Hall–Kier alpha value is -1.78. The van der Waals surface area contributed by atoms with E-state index in [1.807, 2.05) is 0 Å². The lowest BCUT2D eigenvalue weighted by molar-refractivity contribution is 0.324. The lowest BCUT2D eigenvalue weighted by Gasteiger charge is -2.19. The molecule has 1 aromatic carbocycles. The maximum absolute atomic E-state index is 13.6. The standard InChI is InChI=1S/C15H15F2N2O/c16-11-6-7-12(13(17)9-11)15-18-14(20-19-15)8-10-4-2-1-3-5-10/h1,6-7,9-10H,2-5,8H2. The third kappa shape index (κ3) is 2.86. The molecule has 3 rings (SSSR count). The molecule has 1 aliphatic carbocycles. The van der Waals surface area contributed by atoms with Gasteiger partial charge >= 0.3 is 0 Å². The second kappa shape index (κ2) is 5.69. The molecule has 1 heterocycles. The zero-order chi connectivity index (χ0) is 13.9. The molecule has 0 amide bonds. The highest BCUT2D eigenvalue weighted by Crippen LogP contribution is 2.27. The van der Waals surface area contributed by atoms with Crippen molar-refractivity contribution in [1.82, 2.24) is 10.1 Å². The molecule has 0 saturated heterocycles. The Bertz CT molecular complexity index is 591. The Morgan fingerprint density at radius 2 is 2.00 bits per heavy atom. The van der Waals surface area contributed by atoms with Crippen molar-refractivity contribution in [3.63, 3.8) is 0 Å². The molecule has 0 unspecified atom stereocenters. The first-order valence-electron chi connectivity index (χ1n) is 6.82. The molecule has 3 nitrogen and oxygen atoms in total. The van der Waals surface area contributed by atoms with Crippen LogP contribution in [0, 0.1) is 24.0 Å². The molecular formula is C15H15F2N2O. The molecule has 2 aromatic rings. The van der Waals surface area contributed by atoms with Gasteiger partial charge in [-0.15, -0.1) is 0 Å². The molecule has 1 fully saturated rings. The molecule has 0 spiro atoms. The van der Waals surface area contributed by atoms with Crippen molar-refractivity contribution in [3.05, 3.63) is 42.1 Å². The third-order valence-corrected chi connectivity index (χ3v) is 3.66. The van der Waals surface area contributed by atoms with Crippen LogP contribution >= 0.6 is 0 Å². The van der Waals surface area contributed by atoms with Crippen molar-refractivity contribution in [2.45, 2.75) is 32.1 Å². The van der Waals surface area contributed by atoms with Gasteiger partial charge < -0.3 is 4.52 Å². The van der Waals surface area contributed by atoms with Crippen LogP contribution in [0.3, 0.4) is 0 Å². The summed E-state index contributed by atoms with van der Waals surface area (Å²) in [6, 6.07) is 3.34. The fourth-order valence-corrected chi connectivity index (χ4v) is 2.56. The summed E-state index contributed by atoms with van der Waals surface area (Å²) >= 11 is 0. The minimum atomic E-state index is -0.676. The van der Waals surface area contributed by atoms with E-state index >= 15 is 0 Å². The molecular weight excluding hydrogens is 262 g/mol. The Labute approximate surface area is 116 Å². The number of nitrogens with zero attached hydrogens (tertiary/aromatic N) is 2. The Balaban J connectivity index is 1.75. The summed E-state index contributed by atoms with van der Waals surface area (Å²) in [4.78, 5) is 4.21. The van der Waals surface area contributed by atoms with E-state index in [2.05, 4.69) is 16.6 Å². The van der Waals surface area contributed by atoms with Gasteiger partial charge in [0.15, 0.2) is 0 Å². The van der Waals surface area contributed by atoms with Crippen molar-refractivity contribution >= 4 is 0 Å². The average Bonchev–Trinajstić information content (AvgIpc) is 2.88. The van der Waals surface area contributed by atoms with Crippen LogP contribution in [0.25, 0.3) is 11.4 Å². The van der Waals surface area contributed by atoms with Gasteiger partial charge in [-0.1, -0.05) is 5.16 Å². The normalized spacial score (nSPS) is 16.5. The Kier molecular flexibility index (Phi) is 3.76. The van der Waals surface area contributed by atoms with Crippen LogP contribution in [-0.4, -0.2) is 10.1 Å². The van der Waals surface area contributed by atoms with E-state index in [-0.39, 0.29) is 11.4 Å². The first kappa shape index (κ1) is 13.2. The predicted molar refractivity (Wildman–Crippen MR) is 69.6 cm³/mol. The topological polar surface area (TPSA) is 38.9 Å². The fourth-order valence-electron chi connectivity index (χ4n) is 2.56. The van der Waals surface area contributed by atoms with Crippen molar-refractivity contribution in [2.24, 2.45) is 5.92 Å². The highest BCUT2D eigenvalue weighted by Gasteiger charge is 2.19. The van der Waals surface area contributed by atoms with Crippen LogP contribution in [0.1, 0.15) is 31.6 Å². The highest BCUT2D eigenvalue weighted by atomic mass is 19.1. The summed E-state index contributed by atoms with van der Waals surface area (Å²) in [6.07, 6.45) is 7.52. The van der Waals surface area contributed by atoms with Crippen LogP contribution in [0.2, 0.25) is 0 Å². The van der Waals surface area contributed by atoms with Crippen LogP contribution < -0.4 is 0 Å². The largest absolute Gasteiger partial charge is 0.339 e. The van der Waals surface area contributed by atoms with Crippen LogP contribution in [-0.2, 0) is 6.42 Å². The van der Waals surface area contributed by atoms with Gasteiger partial charge in [0.25, 0.3) is 0 Å². The van der Waals surface area contributed by atoms with Crippen molar-refractivity contribution in [3.8, 4) is 11.4 Å². The van der Waals surface area contributed by atoms with E-state index in [4.69, 9.17) is 4.52 Å².